The number of carbonyl (C=O) groups is 1. The number of ether oxygens (including phenoxy) is 1. The molecule has 112 valence electrons. The Bertz CT molecular complexity index is 474. The number of carboxylic acids is 1. The molecule has 0 radical (unpaired) electrons. The Morgan fingerprint density at radius 1 is 1.50 bits per heavy atom. The zero-order valence-electron chi connectivity index (χ0n) is 12.6. The van der Waals surface area contributed by atoms with Crippen molar-refractivity contribution in [1.82, 2.24) is 4.98 Å². The van der Waals surface area contributed by atoms with Gasteiger partial charge in [-0.1, -0.05) is 13.8 Å². The van der Waals surface area contributed by atoms with Crippen molar-refractivity contribution in [3.8, 4) is 5.75 Å². The lowest BCUT2D eigenvalue weighted by Gasteiger charge is -2.29. The molecule has 1 rings (SSSR count). The van der Waals surface area contributed by atoms with Gasteiger partial charge in [0.1, 0.15) is 5.75 Å². The maximum atomic E-state index is 11.7. The number of nitrogens with zero attached hydrogens (tertiary/aromatic N) is 1. The van der Waals surface area contributed by atoms with E-state index in [1.807, 2.05) is 26.8 Å². The van der Waals surface area contributed by atoms with Crippen LogP contribution in [0.4, 0.5) is 0 Å². The van der Waals surface area contributed by atoms with Gasteiger partial charge in [0.15, 0.2) is 0 Å². The third-order valence-electron chi connectivity index (χ3n) is 3.38. The van der Waals surface area contributed by atoms with Crippen LogP contribution in [0.2, 0.25) is 0 Å². The summed E-state index contributed by atoms with van der Waals surface area (Å²) in [4.78, 5) is 16.1. The summed E-state index contributed by atoms with van der Waals surface area (Å²) in [5.74, 6) is 0.0747. The predicted molar refractivity (Wildman–Crippen MR) is 77.8 cm³/mol. The molecule has 0 aliphatic heterocycles. The van der Waals surface area contributed by atoms with E-state index in [0.717, 1.165) is 5.69 Å². The number of rotatable bonds is 7. The van der Waals surface area contributed by atoms with Crippen LogP contribution < -0.4 is 10.5 Å². The first-order valence-electron chi connectivity index (χ1n) is 6.78. The lowest BCUT2D eigenvalue weighted by atomic mass is 9.76. The highest BCUT2D eigenvalue weighted by atomic mass is 16.5. The number of aryl methyl sites for hydroxylation is 1. The zero-order chi connectivity index (χ0) is 15.3. The van der Waals surface area contributed by atoms with Gasteiger partial charge in [-0.3, -0.25) is 9.78 Å². The molecule has 5 nitrogen and oxygen atoms in total. The molecule has 0 fully saturated rings. The van der Waals surface area contributed by atoms with Crippen LogP contribution in [0.1, 0.15) is 31.7 Å². The van der Waals surface area contributed by atoms with Gasteiger partial charge in [-0.25, -0.2) is 0 Å². The monoisotopic (exact) mass is 280 g/mol. The van der Waals surface area contributed by atoms with E-state index in [4.69, 9.17) is 10.5 Å². The minimum Gasteiger partial charge on any atom is -0.497 e. The Hall–Kier alpha value is -1.62. The minimum atomic E-state index is -0.972. The fourth-order valence-electron chi connectivity index (χ4n) is 2.52. The van der Waals surface area contributed by atoms with Crippen molar-refractivity contribution in [1.29, 1.82) is 0 Å². The normalized spacial score (nSPS) is 14.1. The summed E-state index contributed by atoms with van der Waals surface area (Å²) in [5, 5.41) is 9.59. The Balaban J connectivity index is 3.12. The number of nitrogens with two attached hydrogens (primary N) is 1. The molecule has 20 heavy (non-hydrogen) atoms. The smallest absolute Gasteiger partial charge is 0.311 e. The van der Waals surface area contributed by atoms with Gasteiger partial charge >= 0.3 is 5.97 Å². The summed E-state index contributed by atoms with van der Waals surface area (Å²) in [6.07, 6.45) is 0.839. The summed E-state index contributed by atoms with van der Waals surface area (Å²) < 4.78 is 5.21. The Morgan fingerprint density at radius 2 is 2.15 bits per heavy atom. The number of carboxylic acid groups (broad SMARTS) is 1. The molecule has 1 atom stereocenters. The van der Waals surface area contributed by atoms with Gasteiger partial charge in [-0.2, -0.15) is 0 Å². The molecule has 1 heterocycles. The first kappa shape index (κ1) is 16.4. The van der Waals surface area contributed by atoms with Crippen molar-refractivity contribution in [3.63, 3.8) is 0 Å². The molecule has 0 saturated heterocycles. The van der Waals surface area contributed by atoms with Gasteiger partial charge in [0.25, 0.3) is 0 Å². The standard InChI is InChI=1S/C15H24N2O3/c1-10(2)7-15(9-16,14(18)19)8-12-6-13(20-4)5-11(3)17-12/h5-6,10H,7-9,16H2,1-4H3,(H,18,19). The molecule has 0 saturated carbocycles. The number of hydrogen-bond acceptors (Lipinski definition) is 4. The quantitative estimate of drug-likeness (QED) is 0.798. The van der Waals surface area contributed by atoms with Gasteiger partial charge in [0.2, 0.25) is 0 Å². The van der Waals surface area contributed by atoms with Gasteiger partial charge in [-0.15, -0.1) is 0 Å². The summed E-state index contributed by atoms with van der Waals surface area (Å²) in [6.45, 7) is 5.95. The molecule has 0 amide bonds. The molecule has 1 aromatic rings. The van der Waals surface area contributed by atoms with E-state index in [-0.39, 0.29) is 12.5 Å². The van der Waals surface area contributed by atoms with Crippen LogP contribution in [-0.4, -0.2) is 29.7 Å². The van der Waals surface area contributed by atoms with Crippen LogP contribution in [0.25, 0.3) is 0 Å². The second kappa shape index (κ2) is 6.70. The highest BCUT2D eigenvalue weighted by Crippen LogP contribution is 2.31. The lowest BCUT2D eigenvalue weighted by Crippen LogP contribution is -2.42. The summed E-state index contributed by atoms with van der Waals surface area (Å²) in [7, 11) is 1.58. The number of hydrogen-bond donors (Lipinski definition) is 2. The van der Waals surface area contributed by atoms with Gasteiger partial charge in [0.05, 0.1) is 12.5 Å². The second-order valence-electron chi connectivity index (χ2n) is 5.70. The van der Waals surface area contributed by atoms with Crippen LogP contribution >= 0.6 is 0 Å². The molecule has 0 aromatic carbocycles. The fraction of sp³-hybridized carbons (Fsp3) is 0.600. The molecule has 1 unspecified atom stereocenters. The van der Waals surface area contributed by atoms with E-state index in [1.54, 1.807) is 13.2 Å². The van der Waals surface area contributed by atoms with E-state index >= 15 is 0 Å². The van der Waals surface area contributed by atoms with Crippen LogP contribution in [-0.2, 0) is 11.2 Å². The fourth-order valence-corrected chi connectivity index (χ4v) is 2.52. The van der Waals surface area contributed by atoms with Crippen molar-refractivity contribution in [2.75, 3.05) is 13.7 Å². The first-order chi connectivity index (χ1) is 9.32. The molecule has 0 aliphatic carbocycles. The SMILES string of the molecule is COc1cc(C)nc(CC(CN)(CC(C)C)C(=O)O)c1. The maximum Gasteiger partial charge on any atom is 0.311 e. The van der Waals surface area contributed by atoms with Crippen LogP contribution in [0.5, 0.6) is 5.75 Å². The topological polar surface area (TPSA) is 85.4 Å². The van der Waals surface area contributed by atoms with E-state index in [9.17, 15) is 9.90 Å². The molecular weight excluding hydrogens is 256 g/mol. The van der Waals surface area contributed by atoms with Crippen molar-refractivity contribution < 1.29 is 14.6 Å². The van der Waals surface area contributed by atoms with Gasteiger partial charge < -0.3 is 15.6 Å². The molecule has 1 aromatic heterocycles. The van der Waals surface area contributed by atoms with Crippen molar-refractivity contribution in [2.24, 2.45) is 17.1 Å². The van der Waals surface area contributed by atoms with Gasteiger partial charge in [-0.05, 0) is 19.3 Å². The largest absolute Gasteiger partial charge is 0.497 e. The van der Waals surface area contributed by atoms with Crippen LogP contribution in [0, 0.1) is 18.3 Å². The Kier molecular flexibility index (Phi) is 5.51. The van der Waals surface area contributed by atoms with Crippen molar-refractivity contribution in [3.05, 3.63) is 23.5 Å². The van der Waals surface area contributed by atoms with E-state index in [0.29, 0.717) is 24.3 Å². The molecule has 5 heteroatoms. The molecule has 0 bridgehead atoms. The number of methoxy groups -OCH3 is 1. The third-order valence-corrected chi connectivity index (χ3v) is 3.38. The number of aliphatic carboxylic acids is 1. The zero-order valence-corrected chi connectivity index (χ0v) is 12.6. The summed E-state index contributed by atoms with van der Waals surface area (Å²) in [5.41, 5.74) is 6.31. The average molecular weight is 280 g/mol. The highest BCUT2D eigenvalue weighted by Gasteiger charge is 2.38. The lowest BCUT2D eigenvalue weighted by molar-refractivity contribution is -0.149. The van der Waals surface area contributed by atoms with Crippen molar-refractivity contribution >= 4 is 5.97 Å². The first-order valence-corrected chi connectivity index (χ1v) is 6.78. The molecule has 3 N–H and O–H groups in total. The van der Waals surface area contributed by atoms with E-state index in [1.165, 1.54) is 0 Å². The maximum absolute atomic E-state index is 11.7. The van der Waals surface area contributed by atoms with Crippen molar-refractivity contribution in [2.45, 2.75) is 33.6 Å². The predicted octanol–water partition coefficient (Wildman–Crippen LogP) is 2.02. The Morgan fingerprint density at radius 3 is 2.60 bits per heavy atom. The Labute approximate surface area is 120 Å². The van der Waals surface area contributed by atoms with E-state index in [2.05, 4.69) is 4.98 Å². The van der Waals surface area contributed by atoms with Crippen LogP contribution in [0.15, 0.2) is 12.1 Å². The number of aromatic nitrogens is 1. The highest BCUT2D eigenvalue weighted by molar-refractivity contribution is 5.75. The van der Waals surface area contributed by atoms with E-state index < -0.39 is 11.4 Å². The average Bonchev–Trinajstić information content (AvgIpc) is 2.36. The third kappa shape index (κ3) is 3.93. The molecular formula is C15H24N2O3. The summed E-state index contributed by atoms with van der Waals surface area (Å²) >= 11 is 0. The second-order valence-corrected chi connectivity index (χ2v) is 5.70. The van der Waals surface area contributed by atoms with Gasteiger partial charge in [0, 0.05) is 36.5 Å². The minimum absolute atomic E-state index is 0.0957. The molecule has 0 spiro atoms. The molecule has 0 aliphatic rings. The van der Waals surface area contributed by atoms with Crippen LogP contribution in [0.3, 0.4) is 0 Å². The summed E-state index contributed by atoms with van der Waals surface area (Å²) in [6, 6.07) is 3.59. The number of pyridine rings is 1.